The Kier molecular flexibility index (Phi) is 4.03. The summed E-state index contributed by atoms with van der Waals surface area (Å²) in [4.78, 5) is 11.8. The third-order valence-electron chi connectivity index (χ3n) is 3.04. The average molecular weight is 327 g/mol. The van der Waals surface area contributed by atoms with Gasteiger partial charge in [0.15, 0.2) is 6.61 Å². The molecule has 0 saturated heterocycles. The van der Waals surface area contributed by atoms with Gasteiger partial charge in [-0.25, -0.2) is 0 Å². The molecule has 1 aromatic carbocycles. The SMILES string of the molecule is O=C(COc1ccc(Cl)cc1Cl)Nc1cc(C2CC2)no1. The van der Waals surface area contributed by atoms with Crippen LogP contribution in [0.5, 0.6) is 5.75 Å². The van der Waals surface area contributed by atoms with Crippen LogP contribution in [0.4, 0.5) is 5.88 Å². The highest BCUT2D eigenvalue weighted by atomic mass is 35.5. The van der Waals surface area contributed by atoms with E-state index in [9.17, 15) is 4.79 Å². The second-order valence-electron chi connectivity index (χ2n) is 4.80. The van der Waals surface area contributed by atoms with Gasteiger partial charge in [-0.3, -0.25) is 10.1 Å². The molecule has 21 heavy (non-hydrogen) atoms. The van der Waals surface area contributed by atoms with Gasteiger partial charge >= 0.3 is 0 Å². The fourth-order valence-corrected chi connectivity index (χ4v) is 2.29. The molecule has 0 atom stereocenters. The zero-order valence-corrected chi connectivity index (χ0v) is 12.4. The Labute approximate surface area is 131 Å². The topological polar surface area (TPSA) is 64.4 Å². The lowest BCUT2D eigenvalue weighted by atomic mass is 10.3. The number of hydrogen-bond acceptors (Lipinski definition) is 4. The predicted octanol–water partition coefficient (Wildman–Crippen LogP) is 3.88. The Balaban J connectivity index is 1.53. The first-order valence-electron chi connectivity index (χ1n) is 6.46. The van der Waals surface area contributed by atoms with Crippen molar-refractivity contribution in [3.05, 3.63) is 40.0 Å². The van der Waals surface area contributed by atoms with Crippen LogP contribution in [-0.2, 0) is 4.79 Å². The van der Waals surface area contributed by atoms with Crippen molar-refractivity contribution in [3.8, 4) is 5.75 Å². The van der Waals surface area contributed by atoms with Crippen LogP contribution in [0, 0.1) is 0 Å². The molecule has 1 saturated carbocycles. The van der Waals surface area contributed by atoms with Crippen LogP contribution in [-0.4, -0.2) is 17.7 Å². The van der Waals surface area contributed by atoms with Gasteiger partial charge in [0.1, 0.15) is 5.75 Å². The molecule has 3 rings (SSSR count). The lowest BCUT2D eigenvalue weighted by Gasteiger charge is -2.07. The van der Waals surface area contributed by atoms with Gasteiger partial charge < -0.3 is 9.26 Å². The number of carbonyl (C=O) groups excluding carboxylic acids is 1. The number of ether oxygens (including phenoxy) is 1. The van der Waals surface area contributed by atoms with Crippen molar-refractivity contribution in [2.45, 2.75) is 18.8 Å². The minimum atomic E-state index is -0.348. The summed E-state index contributed by atoms with van der Waals surface area (Å²) >= 11 is 11.7. The van der Waals surface area contributed by atoms with Crippen molar-refractivity contribution >= 4 is 35.0 Å². The summed E-state index contributed by atoms with van der Waals surface area (Å²) in [5.74, 6) is 0.850. The Morgan fingerprint density at radius 1 is 1.38 bits per heavy atom. The van der Waals surface area contributed by atoms with Crippen molar-refractivity contribution in [3.63, 3.8) is 0 Å². The van der Waals surface area contributed by atoms with E-state index in [0.717, 1.165) is 18.5 Å². The third-order valence-corrected chi connectivity index (χ3v) is 3.57. The fraction of sp³-hybridized carbons (Fsp3) is 0.286. The van der Waals surface area contributed by atoms with E-state index >= 15 is 0 Å². The highest BCUT2D eigenvalue weighted by Gasteiger charge is 2.27. The van der Waals surface area contributed by atoms with E-state index in [4.69, 9.17) is 32.5 Å². The molecule has 1 aliphatic carbocycles. The normalized spacial score (nSPS) is 14.0. The number of nitrogens with zero attached hydrogens (tertiary/aromatic N) is 1. The van der Waals surface area contributed by atoms with Crippen molar-refractivity contribution < 1.29 is 14.1 Å². The number of hydrogen-bond donors (Lipinski definition) is 1. The maximum absolute atomic E-state index is 11.8. The molecule has 0 bridgehead atoms. The summed E-state index contributed by atoms with van der Waals surface area (Å²) in [6.45, 7) is -0.180. The van der Waals surface area contributed by atoms with E-state index in [0.29, 0.717) is 27.6 Å². The molecule has 1 heterocycles. The molecule has 2 aromatic rings. The molecule has 7 heteroatoms. The molecule has 1 aromatic heterocycles. The van der Waals surface area contributed by atoms with Crippen molar-refractivity contribution in [1.82, 2.24) is 5.16 Å². The third kappa shape index (κ3) is 3.68. The van der Waals surface area contributed by atoms with E-state index in [1.54, 1.807) is 24.3 Å². The van der Waals surface area contributed by atoms with Gasteiger partial charge in [0, 0.05) is 17.0 Å². The van der Waals surface area contributed by atoms with E-state index in [2.05, 4.69) is 10.5 Å². The van der Waals surface area contributed by atoms with Crippen LogP contribution in [0.25, 0.3) is 0 Å². The summed E-state index contributed by atoms with van der Waals surface area (Å²) in [5.41, 5.74) is 0.881. The Bertz CT molecular complexity index is 668. The largest absolute Gasteiger partial charge is 0.482 e. The van der Waals surface area contributed by atoms with Gasteiger partial charge in [0.2, 0.25) is 5.88 Å². The fourth-order valence-electron chi connectivity index (χ4n) is 1.83. The summed E-state index contributed by atoms with van der Waals surface area (Å²) in [6, 6.07) is 6.54. The highest BCUT2D eigenvalue weighted by molar-refractivity contribution is 6.35. The number of halogens is 2. The van der Waals surface area contributed by atoms with Gasteiger partial charge in [0.05, 0.1) is 10.7 Å². The number of nitrogens with one attached hydrogen (secondary N) is 1. The Hall–Kier alpha value is -1.72. The quantitative estimate of drug-likeness (QED) is 0.905. The van der Waals surface area contributed by atoms with Crippen LogP contribution in [0.15, 0.2) is 28.8 Å². The van der Waals surface area contributed by atoms with E-state index < -0.39 is 0 Å². The van der Waals surface area contributed by atoms with Crippen LogP contribution >= 0.6 is 23.2 Å². The number of carbonyl (C=O) groups is 1. The Morgan fingerprint density at radius 3 is 2.90 bits per heavy atom. The number of benzene rings is 1. The van der Waals surface area contributed by atoms with E-state index in [1.165, 1.54) is 0 Å². The monoisotopic (exact) mass is 326 g/mol. The standard InChI is InChI=1S/C14H12Cl2N2O3/c15-9-3-4-12(10(16)5-9)20-7-13(19)17-14-6-11(18-21-14)8-1-2-8/h3-6,8H,1-2,7H2,(H,17,19). The molecule has 1 N–H and O–H groups in total. The molecule has 0 radical (unpaired) electrons. The van der Waals surface area contributed by atoms with E-state index in [-0.39, 0.29) is 12.5 Å². The molecule has 0 spiro atoms. The van der Waals surface area contributed by atoms with E-state index in [1.807, 2.05) is 0 Å². The van der Waals surface area contributed by atoms with Gasteiger partial charge in [-0.15, -0.1) is 0 Å². The molecule has 110 valence electrons. The Morgan fingerprint density at radius 2 is 2.19 bits per heavy atom. The maximum atomic E-state index is 11.8. The van der Waals surface area contributed by atoms with Gasteiger partial charge in [-0.2, -0.15) is 0 Å². The minimum Gasteiger partial charge on any atom is -0.482 e. The molecule has 1 amide bonds. The first-order chi connectivity index (χ1) is 10.1. The molecular formula is C14H12Cl2N2O3. The highest BCUT2D eigenvalue weighted by Crippen LogP contribution is 2.40. The lowest BCUT2D eigenvalue weighted by Crippen LogP contribution is -2.19. The summed E-state index contributed by atoms with van der Waals surface area (Å²) < 4.78 is 10.4. The summed E-state index contributed by atoms with van der Waals surface area (Å²) in [6.07, 6.45) is 2.25. The second-order valence-corrected chi connectivity index (χ2v) is 5.65. The van der Waals surface area contributed by atoms with Gasteiger partial charge in [-0.05, 0) is 31.0 Å². The van der Waals surface area contributed by atoms with Crippen molar-refractivity contribution in [2.75, 3.05) is 11.9 Å². The maximum Gasteiger partial charge on any atom is 0.264 e. The molecular weight excluding hydrogens is 315 g/mol. The zero-order valence-electron chi connectivity index (χ0n) is 10.9. The molecule has 0 unspecified atom stereocenters. The number of rotatable bonds is 5. The predicted molar refractivity (Wildman–Crippen MR) is 79.1 cm³/mol. The molecule has 1 fully saturated rings. The zero-order chi connectivity index (χ0) is 14.8. The molecule has 5 nitrogen and oxygen atoms in total. The van der Waals surface area contributed by atoms with Crippen LogP contribution in [0.1, 0.15) is 24.5 Å². The first kappa shape index (κ1) is 14.2. The van der Waals surface area contributed by atoms with Crippen molar-refractivity contribution in [1.29, 1.82) is 0 Å². The molecule has 1 aliphatic rings. The molecule has 0 aliphatic heterocycles. The van der Waals surface area contributed by atoms with Crippen LogP contribution in [0.3, 0.4) is 0 Å². The summed E-state index contributed by atoms with van der Waals surface area (Å²) in [5, 5.41) is 7.35. The average Bonchev–Trinajstić information content (AvgIpc) is 3.19. The van der Waals surface area contributed by atoms with Crippen LogP contribution < -0.4 is 10.1 Å². The van der Waals surface area contributed by atoms with Gasteiger partial charge in [-0.1, -0.05) is 28.4 Å². The van der Waals surface area contributed by atoms with Gasteiger partial charge in [0.25, 0.3) is 5.91 Å². The smallest absolute Gasteiger partial charge is 0.264 e. The summed E-state index contributed by atoms with van der Waals surface area (Å²) in [7, 11) is 0. The number of aromatic nitrogens is 1. The van der Waals surface area contributed by atoms with Crippen LogP contribution in [0.2, 0.25) is 10.0 Å². The second kappa shape index (κ2) is 5.95. The first-order valence-corrected chi connectivity index (χ1v) is 7.22. The lowest BCUT2D eigenvalue weighted by molar-refractivity contribution is -0.118. The number of anilines is 1. The van der Waals surface area contributed by atoms with Crippen molar-refractivity contribution in [2.24, 2.45) is 0 Å². The minimum absolute atomic E-state index is 0.180. The number of amides is 1.